The van der Waals surface area contributed by atoms with Gasteiger partial charge in [-0.1, -0.05) is 44.5 Å². The molecule has 16 heavy (non-hydrogen) atoms. The number of nitrogens with two attached hydrogens (primary N) is 1. The van der Waals surface area contributed by atoms with Gasteiger partial charge in [0, 0.05) is 5.39 Å². The summed E-state index contributed by atoms with van der Waals surface area (Å²) < 4.78 is 5.73. The molecule has 1 aromatic carbocycles. The van der Waals surface area contributed by atoms with Crippen molar-refractivity contribution in [3.63, 3.8) is 0 Å². The summed E-state index contributed by atoms with van der Waals surface area (Å²) in [5.74, 6) is 0.788. The summed E-state index contributed by atoms with van der Waals surface area (Å²) in [5.41, 5.74) is 6.84. The van der Waals surface area contributed by atoms with Crippen LogP contribution in [0.2, 0.25) is 5.02 Å². The average molecular weight is 238 g/mol. The fourth-order valence-corrected chi connectivity index (χ4v) is 1.85. The maximum atomic E-state index is 6.15. The number of para-hydroxylation sites is 1. The molecule has 0 unspecified atom stereocenters. The lowest BCUT2D eigenvalue weighted by atomic mass is 9.86. The first-order chi connectivity index (χ1) is 7.39. The monoisotopic (exact) mass is 237 g/mol. The summed E-state index contributed by atoms with van der Waals surface area (Å²) in [4.78, 5) is 0. The predicted molar refractivity (Wildman–Crippen MR) is 67.6 cm³/mol. The van der Waals surface area contributed by atoms with Gasteiger partial charge in [-0.3, -0.25) is 0 Å². The second-order valence-corrected chi connectivity index (χ2v) is 5.56. The fourth-order valence-electron chi connectivity index (χ4n) is 1.63. The van der Waals surface area contributed by atoms with Crippen LogP contribution < -0.4 is 5.73 Å². The Bertz CT molecular complexity index is 510. The van der Waals surface area contributed by atoms with E-state index in [1.54, 1.807) is 0 Å². The highest BCUT2D eigenvalue weighted by molar-refractivity contribution is 6.34. The Balaban J connectivity index is 2.52. The standard InChI is InChI=1S/C13H16ClNO/c1-13(2,3)12(15)10-7-8-5-4-6-9(14)11(8)16-10/h4-7,12H,15H2,1-3H3/t12-/m0/s1. The zero-order valence-electron chi connectivity index (χ0n) is 9.75. The Morgan fingerprint density at radius 2 is 2.00 bits per heavy atom. The number of hydrogen-bond acceptors (Lipinski definition) is 2. The van der Waals surface area contributed by atoms with Crippen LogP contribution >= 0.6 is 11.6 Å². The summed E-state index contributed by atoms with van der Waals surface area (Å²) in [5, 5.41) is 1.63. The van der Waals surface area contributed by atoms with Crippen LogP contribution in [-0.4, -0.2) is 0 Å². The van der Waals surface area contributed by atoms with E-state index in [1.165, 1.54) is 0 Å². The number of benzene rings is 1. The van der Waals surface area contributed by atoms with E-state index in [2.05, 4.69) is 20.8 Å². The topological polar surface area (TPSA) is 39.2 Å². The zero-order chi connectivity index (χ0) is 11.9. The van der Waals surface area contributed by atoms with Crippen LogP contribution in [0.1, 0.15) is 32.6 Å². The quantitative estimate of drug-likeness (QED) is 0.810. The van der Waals surface area contributed by atoms with Crippen LogP contribution in [0.3, 0.4) is 0 Å². The molecule has 3 heteroatoms. The van der Waals surface area contributed by atoms with E-state index in [0.717, 1.165) is 16.7 Å². The van der Waals surface area contributed by atoms with E-state index in [9.17, 15) is 0 Å². The number of furan rings is 1. The second kappa shape index (κ2) is 3.79. The minimum atomic E-state index is -0.129. The normalized spacial score (nSPS) is 14.3. The van der Waals surface area contributed by atoms with Gasteiger partial charge in [-0.15, -0.1) is 0 Å². The van der Waals surface area contributed by atoms with Crippen LogP contribution in [0.15, 0.2) is 28.7 Å². The Morgan fingerprint density at radius 1 is 1.31 bits per heavy atom. The Morgan fingerprint density at radius 3 is 2.56 bits per heavy atom. The smallest absolute Gasteiger partial charge is 0.152 e. The molecule has 2 N–H and O–H groups in total. The number of halogens is 1. The van der Waals surface area contributed by atoms with Gasteiger partial charge >= 0.3 is 0 Å². The van der Waals surface area contributed by atoms with Crippen LogP contribution in [0.5, 0.6) is 0 Å². The third kappa shape index (κ3) is 1.95. The SMILES string of the molecule is CC(C)(C)[C@@H](N)c1cc2cccc(Cl)c2o1. The first kappa shape index (κ1) is 11.5. The van der Waals surface area contributed by atoms with E-state index in [0.29, 0.717) is 5.02 Å². The molecule has 0 bridgehead atoms. The molecule has 2 aromatic rings. The molecule has 0 fully saturated rings. The molecule has 0 aliphatic rings. The van der Waals surface area contributed by atoms with Gasteiger partial charge in [-0.05, 0) is 17.5 Å². The molecular weight excluding hydrogens is 222 g/mol. The summed E-state index contributed by atoms with van der Waals surface area (Å²) in [7, 11) is 0. The van der Waals surface area contributed by atoms with Gasteiger partial charge in [0.2, 0.25) is 0 Å². The number of fused-ring (bicyclic) bond motifs is 1. The largest absolute Gasteiger partial charge is 0.458 e. The van der Waals surface area contributed by atoms with Gasteiger partial charge in [-0.2, -0.15) is 0 Å². The van der Waals surface area contributed by atoms with Crippen molar-refractivity contribution in [3.8, 4) is 0 Å². The van der Waals surface area contributed by atoms with Crippen molar-refractivity contribution < 1.29 is 4.42 Å². The molecular formula is C13H16ClNO. The van der Waals surface area contributed by atoms with Gasteiger partial charge in [0.05, 0.1) is 11.1 Å². The highest BCUT2D eigenvalue weighted by atomic mass is 35.5. The van der Waals surface area contributed by atoms with Gasteiger partial charge in [0.15, 0.2) is 5.58 Å². The highest BCUT2D eigenvalue weighted by Gasteiger charge is 2.25. The molecule has 0 spiro atoms. The number of hydrogen-bond donors (Lipinski definition) is 1. The van der Waals surface area contributed by atoms with Crippen LogP contribution in [-0.2, 0) is 0 Å². The molecule has 2 nitrogen and oxygen atoms in total. The Labute approximate surface area is 100 Å². The van der Waals surface area contributed by atoms with Crippen molar-refractivity contribution in [1.82, 2.24) is 0 Å². The molecule has 0 aliphatic heterocycles. The van der Waals surface area contributed by atoms with Crippen molar-refractivity contribution in [2.45, 2.75) is 26.8 Å². The van der Waals surface area contributed by atoms with Gasteiger partial charge < -0.3 is 10.2 Å². The molecule has 0 radical (unpaired) electrons. The van der Waals surface area contributed by atoms with Crippen molar-refractivity contribution >= 4 is 22.6 Å². The average Bonchev–Trinajstić information content (AvgIpc) is 2.60. The van der Waals surface area contributed by atoms with Gasteiger partial charge in [-0.25, -0.2) is 0 Å². The summed E-state index contributed by atoms with van der Waals surface area (Å²) in [6.07, 6.45) is 0. The molecule has 0 saturated heterocycles. The molecule has 0 amide bonds. The van der Waals surface area contributed by atoms with Crippen LogP contribution in [0.4, 0.5) is 0 Å². The van der Waals surface area contributed by atoms with E-state index in [1.807, 2.05) is 24.3 Å². The molecule has 86 valence electrons. The molecule has 0 aliphatic carbocycles. The summed E-state index contributed by atoms with van der Waals surface area (Å²) in [6, 6.07) is 7.54. The van der Waals surface area contributed by atoms with Crippen molar-refractivity contribution in [2.75, 3.05) is 0 Å². The predicted octanol–water partition coefficient (Wildman–Crippen LogP) is 4.13. The lowest BCUT2D eigenvalue weighted by Gasteiger charge is -2.24. The fraction of sp³-hybridized carbons (Fsp3) is 0.385. The van der Waals surface area contributed by atoms with Gasteiger partial charge in [0.1, 0.15) is 5.76 Å². The Hall–Kier alpha value is -0.990. The highest BCUT2D eigenvalue weighted by Crippen LogP contribution is 2.35. The molecule has 1 aromatic heterocycles. The summed E-state index contributed by atoms with van der Waals surface area (Å²) in [6.45, 7) is 6.27. The maximum Gasteiger partial charge on any atom is 0.152 e. The first-order valence-electron chi connectivity index (χ1n) is 5.33. The minimum absolute atomic E-state index is 0.0274. The Kier molecular flexibility index (Phi) is 2.72. The van der Waals surface area contributed by atoms with E-state index < -0.39 is 0 Å². The number of rotatable bonds is 1. The van der Waals surface area contributed by atoms with E-state index in [4.69, 9.17) is 21.8 Å². The minimum Gasteiger partial charge on any atom is -0.458 e. The lowest BCUT2D eigenvalue weighted by molar-refractivity contribution is 0.290. The lowest BCUT2D eigenvalue weighted by Crippen LogP contribution is -2.25. The van der Waals surface area contributed by atoms with Crippen molar-refractivity contribution in [1.29, 1.82) is 0 Å². The van der Waals surface area contributed by atoms with Crippen molar-refractivity contribution in [2.24, 2.45) is 11.1 Å². The molecule has 1 atom stereocenters. The maximum absolute atomic E-state index is 6.15. The summed E-state index contributed by atoms with van der Waals surface area (Å²) >= 11 is 6.05. The second-order valence-electron chi connectivity index (χ2n) is 5.15. The first-order valence-corrected chi connectivity index (χ1v) is 5.71. The van der Waals surface area contributed by atoms with Crippen LogP contribution in [0, 0.1) is 5.41 Å². The third-order valence-corrected chi connectivity index (χ3v) is 3.05. The van der Waals surface area contributed by atoms with E-state index in [-0.39, 0.29) is 11.5 Å². The van der Waals surface area contributed by atoms with E-state index >= 15 is 0 Å². The third-order valence-electron chi connectivity index (χ3n) is 2.75. The zero-order valence-corrected chi connectivity index (χ0v) is 10.5. The molecule has 0 saturated carbocycles. The van der Waals surface area contributed by atoms with Crippen molar-refractivity contribution in [3.05, 3.63) is 35.0 Å². The van der Waals surface area contributed by atoms with Crippen LogP contribution in [0.25, 0.3) is 11.0 Å². The molecule has 2 rings (SSSR count). The molecule has 1 heterocycles. The van der Waals surface area contributed by atoms with Gasteiger partial charge in [0.25, 0.3) is 0 Å².